The Bertz CT molecular complexity index is 845. The molecule has 1 N–H and O–H groups in total. The first-order valence-electron chi connectivity index (χ1n) is 6.82. The van der Waals surface area contributed by atoms with Crippen molar-refractivity contribution in [1.29, 1.82) is 0 Å². The molecule has 24 heavy (non-hydrogen) atoms. The third-order valence-corrected chi connectivity index (χ3v) is 3.06. The Balaban J connectivity index is 2.02. The van der Waals surface area contributed by atoms with Crippen molar-refractivity contribution in [1.82, 2.24) is 14.8 Å². The molecule has 0 spiro atoms. The summed E-state index contributed by atoms with van der Waals surface area (Å²) in [5, 5.41) is 5.75. The number of amides is 1. The summed E-state index contributed by atoms with van der Waals surface area (Å²) in [6.07, 6.45) is -3.26. The predicted octanol–water partition coefficient (Wildman–Crippen LogP) is 3.84. The maximum Gasteiger partial charge on any atom is 0.435 e. The predicted molar refractivity (Wildman–Crippen MR) is 80.2 cm³/mol. The number of anilines is 1. The molecule has 0 unspecified atom stereocenters. The quantitative estimate of drug-likeness (QED) is 0.776. The second-order valence-corrected chi connectivity index (χ2v) is 4.74. The van der Waals surface area contributed by atoms with Crippen molar-refractivity contribution in [3.05, 3.63) is 66.5 Å². The van der Waals surface area contributed by atoms with Crippen molar-refractivity contribution in [2.45, 2.75) is 6.18 Å². The number of carbonyl (C=O) groups excluding carboxylic acids is 1. The number of aromatic nitrogens is 3. The summed E-state index contributed by atoms with van der Waals surface area (Å²) in [5.74, 6) is 0.200. The smallest absolute Gasteiger partial charge is 0.290 e. The SMILES string of the molecule is O=C(Nc1ccccn1)n1nc(C(F)(F)F)[c]c1-c1ccccc1. The van der Waals surface area contributed by atoms with Gasteiger partial charge < -0.3 is 0 Å². The molecular weight excluding hydrogens is 321 g/mol. The van der Waals surface area contributed by atoms with Crippen molar-refractivity contribution in [3.8, 4) is 11.3 Å². The molecule has 0 aliphatic heterocycles. The number of benzene rings is 1. The Morgan fingerprint density at radius 1 is 1.08 bits per heavy atom. The van der Waals surface area contributed by atoms with Crippen LogP contribution in [0.25, 0.3) is 11.3 Å². The number of hydrogen-bond acceptors (Lipinski definition) is 3. The van der Waals surface area contributed by atoms with Crippen LogP contribution < -0.4 is 5.32 Å². The van der Waals surface area contributed by atoms with E-state index in [0.717, 1.165) is 0 Å². The van der Waals surface area contributed by atoms with E-state index in [1.807, 2.05) is 0 Å². The minimum atomic E-state index is -4.71. The van der Waals surface area contributed by atoms with Gasteiger partial charge in [0.15, 0.2) is 5.69 Å². The molecule has 1 aromatic carbocycles. The van der Waals surface area contributed by atoms with E-state index >= 15 is 0 Å². The number of alkyl halides is 3. The van der Waals surface area contributed by atoms with Gasteiger partial charge in [-0.3, -0.25) is 5.32 Å². The fourth-order valence-corrected chi connectivity index (χ4v) is 2.00. The van der Waals surface area contributed by atoms with Crippen molar-refractivity contribution in [2.75, 3.05) is 5.32 Å². The summed E-state index contributed by atoms with van der Waals surface area (Å²) in [6.45, 7) is 0. The van der Waals surface area contributed by atoms with Crippen LogP contribution >= 0.6 is 0 Å². The highest BCUT2D eigenvalue weighted by atomic mass is 19.4. The molecule has 121 valence electrons. The van der Waals surface area contributed by atoms with Crippen molar-refractivity contribution in [3.63, 3.8) is 0 Å². The normalized spacial score (nSPS) is 11.3. The van der Waals surface area contributed by atoms with Crippen LogP contribution in [0.15, 0.2) is 54.7 Å². The van der Waals surface area contributed by atoms with Gasteiger partial charge in [0.1, 0.15) is 5.82 Å². The van der Waals surface area contributed by atoms with Crippen LogP contribution in [0.1, 0.15) is 5.69 Å². The molecule has 5 nitrogen and oxygen atoms in total. The first kappa shape index (κ1) is 15.7. The Labute approximate surface area is 134 Å². The van der Waals surface area contributed by atoms with Gasteiger partial charge in [0.2, 0.25) is 0 Å². The van der Waals surface area contributed by atoms with Crippen LogP contribution in [0.3, 0.4) is 0 Å². The molecule has 0 bridgehead atoms. The van der Waals surface area contributed by atoms with Crippen LogP contribution in [-0.2, 0) is 6.18 Å². The van der Waals surface area contributed by atoms with Crippen LogP contribution in [0.2, 0.25) is 0 Å². The van der Waals surface area contributed by atoms with Crippen molar-refractivity contribution >= 4 is 11.8 Å². The van der Waals surface area contributed by atoms with E-state index in [0.29, 0.717) is 10.2 Å². The average molecular weight is 331 g/mol. The summed E-state index contributed by atoms with van der Waals surface area (Å²) >= 11 is 0. The highest BCUT2D eigenvalue weighted by Crippen LogP contribution is 2.31. The first-order valence-corrected chi connectivity index (χ1v) is 6.82. The molecule has 2 heterocycles. The number of rotatable bonds is 2. The highest BCUT2D eigenvalue weighted by molar-refractivity contribution is 5.92. The summed E-state index contributed by atoms with van der Waals surface area (Å²) < 4.78 is 39.4. The van der Waals surface area contributed by atoms with Crippen molar-refractivity contribution < 1.29 is 18.0 Å². The topological polar surface area (TPSA) is 59.8 Å². The number of nitrogens with one attached hydrogen (secondary N) is 1. The molecule has 0 fully saturated rings. The molecule has 3 rings (SSSR count). The largest absolute Gasteiger partial charge is 0.435 e. The maximum absolute atomic E-state index is 12.9. The van der Waals surface area contributed by atoms with E-state index < -0.39 is 17.9 Å². The van der Waals surface area contributed by atoms with Gasteiger partial charge >= 0.3 is 12.2 Å². The number of hydrogen-bond donors (Lipinski definition) is 1. The third-order valence-electron chi connectivity index (χ3n) is 3.06. The zero-order valence-electron chi connectivity index (χ0n) is 12.1. The molecule has 1 amide bonds. The van der Waals surface area contributed by atoms with E-state index in [4.69, 9.17) is 0 Å². The van der Waals surface area contributed by atoms with Gasteiger partial charge in [0, 0.05) is 17.8 Å². The van der Waals surface area contributed by atoms with Gasteiger partial charge in [0.25, 0.3) is 0 Å². The van der Waals surface area contributed by atoms with Gasteiger partial charge in [-0.2, -0.15) is 23.0 Å². The van der Waals surface area contributed by atoms with Crippen LogP contribution in [0.5, 0.6) is 0 Å². The Morgan fingerprint density at radius 2 is 1.79 bits per heavy atom. The second-order valence-electron chi connectivity index (χ2n) is 4.74. The average Bonchev–Trinajstić information content (AvgIpc) is 3.02. The minimum Gasteiger partial charge on any atom is -0.290 e. The fourth-order valence-electron chi connectivity index (χ4n) is 2.00. The zero-order valence-corrected chi connectivity index (χ0v) is 12.1. The first-order chi connectivity index (χ1) is 11.4. The highest BCUT2D eigenvalue weighted by Gasteiger charge is 2.36. The number of halogens is 3. The zero-order chi connectivity index (χ0) is 17.2. The van der Waals surface area contributed by atoms with E-state index in [2.05, 4.69) is 21.5 Å². The molecular formula is C16H10F3N4O. The Kier molecular flexibility index (Phi) is 4.03. The summed E-state index contributed by atoms with van der Waals surface area (Å²) in [4.78, 5) is 16.2. The molecule has 0 saturated carbocycles. The molecule has 3 aromatic rings. The van der Waals surface area contributed by atoms with Crippen LogP contribution in [0, 0.1) is 6.07 Å². The lowest BCUT2D eigenvalue weighted by Crippen LogP contribution is -2.22. The van der Waals surface area contributed by atoms with Gasteiger partial charge in [-0.15, -0.1) is 0 Å². The van der Waals surface area contributed by atoms with Gasteiger partial charge in [-0.1, -0.05) is 36.4 Å². The number of carbonyl (C=O) groups is 1. The molecule has 8 heteroatoms. The monoisotopic (exact) mass is 331 g/mol. The van der Waals surface area contributed by atoms with Crippen molar-refractivity contribution in [2.24, 2.45) is 0 Å². The molecule has 1 radical (unpaired) electrons. The summed E-state index contributed by atoms with van der Waals surface area (Å²) in [5.41, 5.74) is -0.967. The molecule has 0 atom stereocenters. The standard InChI is InChI=1S/C16H10F3N4O/c17-16(18,19)13-10-12(11-6-2-1-3-7-11)23(22-13)15(24)21-14-8-4-5-9-20-14/h1-9H,(H,20,21,24). The van der Waals surface area contributed by atoms with E-state index in [-0.39, 0.29) is 11.5 Å². The Hall–Kier alpha value is -3.16. The maximum atomic E-state index is 12.9. The van der Waals surface area contributed by atoms with Gasteiger partial charge in [0.05, 0.1) is 5.69 Å². The molecule has 2 aromatic heterocycles. The fraction of sp³-hybridized carbons (Fsp3) is 0.0625. The summed E-state index contributed by atoms with van der Waals surface area (Å²) in [7, 11) is 0. The number of pyridine rings is 1. The minimum absolute atomic E-state index is 0.0867. The summed E-state index contributed by atoms with van der Waals surface area (Å²) in [6, 6.07) is 14.2. The lowest BCUT2D eigenvalue weighted by Gasteiger charge is -2.07. The van der Waals surface area contributed by atoms with E-state index in [9.17, 15) is 18.0 Å². The molecule has 0 aliphatic rings. The Morgan fingerprint density at radius 3 is 2.42 bits per heavy atom. The van der Waals surface area contributed by atoms with Crippen LogP contribution in [-0.4, -0.2) is 20.8 Å². The van der Waals surface area contributed by atoms with Gasteiger partial charge in [-0.25, -0.2) is 9.78 Å². The number of nitrogens with zero attached hydrogens (tertiary/aromatic N) is 3. The lowest BCUT2D eigenvalue weighted by molar-refractivity contribution is -0.141. The van der Waals surface area contributed by atoms with E-state index in [1.165, 1.54) is 12.3 Å². The van der Waals surface area contributed by atoms with Crippen LogP contribution in [0.4, 0.5) is 23.8 Å². The molecule has 0 saturated heterocycles. The lowest BCUT2D eigenvalue weighted by atomic mass is 10.1. The second kappa shape index (κ2) is 6.15. The third kappa shape index (κ3) is 3.27. The van der Waals surface area contributed by atoms with Gasteiger partial charge in [-0.05, 0) is 12.1 Å². The molecule has 0 aliphatic carbocycles. The van der Waals surface area contributed by atoms with E-state index in [1.54, 1.807) is 42.5 Å².